The van der Waals surface area contributed by atoms with Gasteiger partial charge in [0.15, 0.2) is 11.5 Å². The van der Waals surface area contributed by atoms with Crippen LogP contribution < -0.4 is 35.5 Å². The molecular formula is C59H106N4O3. The third-order valence-corrected chi connectivity index (χ3v) is 9.39. The molecule has 7 heteroatoms. The fourth-order valence-electron chi connectivity index (χ4n) is 6.07. The van der Waals surface area contributed by atoms with E-state index >= 15 is 0 Å². The molecule has 380 valence electrons. The summed E-state index contributed by atoms with van der Waals surface area (Å²) in [7, 11) is 0. The van der Waals surface area contributed by atoms with Crippen LogP contribution in [0.4, 0.5) is 22.7 Å². The fraction of sp³-hybridized carbons (Fsp3) is 0.593. The Morgan fingerprint density at radius 2 is 0.712 bits per heavy atom. The Morgan fingerprint density at radius 3 is 1.23 bits per heavy atom. The minimum absolute atomic E-state index is 0.358. The van der Waals surface area contributed by atoms with Gasteiger partial charge in [0.05, 0.1) is 17.1 Å². The van der Waals surface area contributed by atoms with Gasteiger partial charge < -0.3 is 35.5 Å². The first-order chi connectivity index (χ1) is 32.1. The SMILES string of the molecule is CC.CC.CC.CC.CC.CC.CC.CC.CC(C)c1ccc2c(c1)NCC2.CC(C)c1ccc2c(c1)NCCN2.CC(C)c1ccc2c(c1)OCCN2.CC(C)c1ccc2c(c1)OCO2. The lowest BCUT2D eigenvalue weighted by atomic mass is 10.0. The second kappa shape index (κ2) is 44.3. The van der Waals surface area contributed by atoms with Gasteiger partial charge in [0, 0.05) is 31.9 Å². The van der Waals surface area contributed by atoms with Crippen LogP contribution in [0.5, 0.6) is 17.2 Å². The van der Waals surface area contributed by atoms with Crippen LogP contribution in [0.3, 0.4) is 0 Å². The number of rotatable bonds is 4. The van der Waals surface area contributed by atoms with E-state index in [9.17, 15) is 0 Å². The number of fused-ring (bicyclic) bond motifs is 4. The zero-order valence-electron chi connectivity index (χ0n) is 47.4. The molecule has 0 bridgehead atoms. The van der Waals surface area contributed by atoms with Gasteiger partial charge in [0.25, 0.3) is 0 Å². The lowest BCUT2D eigenvalue weighted by Crippen LogP contribution is -2.20. The fourth-order valence-corrected chi connectivity index (χ4v) is 6.07. The van der Waals surface area contributed by atoms with Crippen LogP contribution in [0.25, 0.3) is 0 Å². The zero-order chi connectivity index (χ0) is 51.6. The van der Waals surface area contributed by atoms with Crippen molar-refractivity contribution in [2.24, 2.45) is 0 Å². The predicted octanol–water partition coefficient (Wildman–Crippen LogP) is 18.8. The van der Waals surface area contributed by atoms with E-state index in [2.05, 4.69) is 137 Å². The second-order valence-electron chi connectivity index (χ2n) is 14.5. The summed E-state index contributed by atoms with van der Waals surface area (Å²) in [5, 5.41) is 13.5. The molecule has 0 saturated heterocycles. The first-order valence-corrected chi connectivity index (χ1v) is 26.5. The quantitative estimate of drug-likeness (QED) is 0.162. The highest BCUT2D eigenvalue weighted by molar-refractivity contribution is 5.71. The Morgan fingerprint density at radius 1 is 0.333 bits per heavy atom. The molecule has 8 rings (SSSR count). The molecule has 66 heavy (non-hydrogen) atoms. The van der Waals surface area contributed by atoms with Crippen molar-refractivity contribution >= 4 is 22.7 Å². The van der Waals surface area contributed by atoms with Crippen molar-refractivity contribution in [3.05, 3.63) is 101 Å². The van der Waals surface area contributed by atoms with Crippen molar-refractivity contribution in [1.82, 2.24) is 0 Å². The minimum Gasteiger partial charge on any atom is -0.490 e. The summed E-state index contributed by atoms with van der Waals surface area (Å²) in [6, 6.07) is 25.9. The highest BCUT2D eigenvalue weighted by Gasteiger charge is 2.15. The van der Waals surface area contributed by atoms with Gasteiger partial charge in [-0.1, -0.05) is 197 Å². The van der Waals surface area contributed by atoms with E-state index in [0.717, 1.165) is 55.7 Å². The summed E-state index contributed by atoms with van der Waals surface area (Å²) >= 11 is 0. The number of ether oxygens (including phenoxy) is 3. The summed E-state index contributed by atoms with van der Waals surface area (Å²) in [5.74, 6) is 5.08. The number of nitrogens with one attached hydrogen (secondary N) is 4. The zero-order valence-corrected chi connectivity index (χ0v) is 47.4. The number of anilines is 4. The molecule has 0 radical (unpaired) electrons. The molecular weight excluding hydrogens is 813 g/mol. The Hall–Kier alpha value is -4.52. The first-order valence-electron chi connectivity index (χ1n) is 26.5. The normalized spacial score (nSPS) is 11.7. The summed E-state index contributed by atoms with van der Waals surface area (Å²) in [5.41, 5.74) is 11.9. The molecule has 4 aromatic carbocycles. The van der Waals surface area contributed by atoms with Crippen molar-refractivity contribution in [1.29, 1.82) is 0 Å². The number of hydrogen-bond acceptors (Lipinski definition) is 7. The van der Waals surface area contributed by atoms with Gasteiger partial charge >= 0.3 is 0 Å². The average molecular weight is 920 g/mol. The van der Waals surface area contributed by atoms with Crippen molar-refractivity contribution < 1.29 is 14.2 Å². The topological polar surface area (TPSA) is 75.8 Å². The summed E-state index contributed by atoms with van der Waals surface area (Å²) in [6.07, 6.45) is 1.19. The first kappa shape index (κ1) is 68.1. The Kier molecular flexibility index (Phi) is 45.7. The molecule has 4 aromatic rings. The lowest BCUT2D eigenvalue weighted by molar-refractivity contribution is 0.174. The highest BCUT2D eigenvalue weighted by Crippen LogP contribution is 2.35. The molecule has 4 heterocycles. The van der Waals surface area contributed by atoms with E-state index in [1.54, 1.807) is 0 Å². The molecule has 4 aliphatic heterocycles. The Bertz CT molecular complexity index is 1580. The van der Waals surface area contributed by atoms with E-state index in [1.165, 1.54) is 51.3 Å². The summed E-state index contributed by atoms with van der Waals surface area (Å²) in [6.45, 7) is 54.8. The Labute approximate surface area is 410 Å². The lowest BCUT2D eigenvalue weighted by Gasteiger charge is -2.21. The van der Waals surface area contributed by atoms with Crippen LogP contribution in [0, 0.1) is 0 Å². The molecule has 4 N–H and O–H groups in total. The van der Waals surface area contributed by atoms with Crippen molar-refractivity contribution in [3.8, 4) is 17.2 Å². The van der Waals surface area contributed by atoms with Gasteiger partial charge in [0.2, 0.25) is 6.79 Å². The van der Waals surface area contributed by atoms with E-state index < -0.39 is 0 Å². The van der Waals surface area contributed by atoms with Crippen molar-refractivity contribution in [2.75, 3.05) is 60.8 Å². The maximum absolute atomic E-state index is 5.55. The van der Waals surface area contributed by atoms with Gasteiger partial charge in [0.1, 0.15) is 12.4 Å². The van der Waals surface area contributed by atoms with E-state index in [1.807, 2.05) is 123 Å². The monoisotopic (exact) mass is 919 g/mol. The third kappa shape index (κ3) is 25.4. The van der Waals surface area contributed by atoms with E-state index in [4.69, 9.17) is 14.2 Å². The maximum atomic E-state index is 5.55. The van der Waals surface area contributed by atoms with Gasteiger partial charge in [-0.3, -0.25) is 0 Å². The molecule has 0 aromatic heterocycles. The average Bonchev–Trinajstić information content (AvgIpc) is 4.09. The number of benzene rings is 4. The van der Waals surface area contributed by atoms with Crippen LogP contribution in [0.2, 0.25) is 0 Å². The van der Waals surface area contributed by atoms with Gasteiger partial charge in [-0.2, -0.15) is 0 Å². The Balaban J connectivity index is -0.000000352. The molecule has 0 spiro atoms. The van der Waals surface area contributed by atoms with Crippen LogP contribution in [-0.2, 0) is 6.42 Å². The summed E-state index contributed by atoms with van der Waals surface area (Å²) < 4.78 is 16.0. The van der Waals surface area contributed by atoms with Crippen molar-refractivity contribution in [3.63, 3.8) is 0 Å². The van der Waals surface area contributed by atoms with Crippen LogP contribution >= 0.6 is 0 Å². The molecule has 0 saturated carbocycles. The molecule has 0 unspecified atom stereocenters. The van der Waals surface area contributed by atoms with Crippen LogP contribution in [0.15, 0.2) is 72.8 Å². The van der Waals surface area contributed by atoms with E-state index in [0.29, 0.717) is 30.5 Å². The molecule has 0 aliphatic carbocycles. The minimum atomic E-state index is 0.358. The predicted molar refractivity (Wildman–Crippen MR) is 302 cm³/mol. The molecule has 0 amide bonds. The van der Waals surface area contributed by atoms with E-state index in [-0.39, 0.29) is 0 Å². The highest BCUT2D eigenvalue weighted by atomic mass is 16.7. The van der Waals surface area contributed by atoms with Gasteiger partial charge in [-0.15, -0.1) is 0 Å². The standard InChI is InChI=1S/C11H16N2.C11H15NO.C11H15N.C10H12O2.8C2H6/c2*1-8(2)9-3-4-10-11(7-9)13-6-5-12-10;1-8(2)10-4-3-9-5-6-12-11(9)7-10;1-7(2)8-3-4-9-10(5-8)12-6-11-9;8*1-2/h3-4,7-8,12-13H,5-6H2,1-2H3;3-4,7-8,12H,5-6H2,1-2H3;3-4,7-8,12H,5-6H2,1-2H3;3-5,7H,6H2,1-2H3;8*1-2H3. The maximum Gasteiger partial charge on any atom is 0.231 e. The van der Waals surface area contributed by atoms with Crippen LogP contribution in [0.1, 0.15) is 218 Å². The molecule has 0 atom stereocenters. The van der Waals surface area contributed by atoms with Gasteiger partial charge in [-0.05, 0) is 100 Å². The van der Waals surface area contributed by atoms with Gasteiger partial charge in [-0.25, -0.2) is 0 Å². The summed E-state index contributed by atoms with van der Waals surface area (Å²) in [4.78, 5) is 0. The third-order valence-electron chi connectivity index (χ3n) is 9.39. The van der Waals surface area contributed by atoms with Crippen LogP contribution in [-0.4, -0.2) is 39.6 Å². The molecule has 0 fully saturated rings. The number of hydrogen-bond donors (Lipinski definition) is 4. The second-order valence-corrected chi connectivity index (χ2v) is 14.5. The molecule has 7 nitrogen and oxygen atoms in total. The molecule has 4 aliphatic rings. The largest absolute Gasteiger partial charge is 0.490 e. The smallest absolute Gasteiger partial charge is 0.231 e. The van der Waals surface area contributed by atoms with Crippen molar-refractivity contribution in [2.45, 2.75) is 196 Å².